The molecule has 2 amide bonds. The first-order valence-electron chi connectivity index (χ1n) is 11.5. The molecule has 3 aromatic carbocycles. The lowest BCUT2D eigenvalue weighted by Gasteiger charge is -2.14. The molecule has 0 unspecified atom stereocenters. The van der Waals surface area contributed by atoms with Gasteiger partial charge >= 0.3 is 0 Å². The van der Waals surface area contributed by atoms with E-state index < -0.39 is 5.91 Å². The van der Waals surface area contributed by atoms with Crippen LogP contribution in [0, 0.1) is 0 Å². The van der Waals surface area contributed by atoms with Gasteiger partial charge in [0.05, 0.1) is 38.3 Å². The molecule has 37 heavy (non-hydrogen) atoms. The van der Waals surface area contributed by atoms with E-state index in [1.165, 1.54) is 17.9 Å². The Labute approximate surface area is 213 Å². The van der Waals surface area contributed by atoms with Crippen LogP contribution in [0.5, 0.6) is 17.2 Å². The number of carbonyl (C=O) groups is 2. The van der Waals surface area contributed by atoms with Gasteiger partial charge in [-0.3, -0.25) is 19.0 Å². The number of carbonyl (C=O) groups excluding carboxylic acids is 2. The third-order valence-electron chi connectivity index (χ3n) is 5.82. The van der Waals surface area contributed by atoms with Crippen molar-refractivity contribution in [3.8, 4) is 22.9 Å². The maximum Gasteiger partial charge on any atom is 0.262 e. The van der Waals surface area contributed by atoms with E-state index in [1.54, 1.807) is 80.9 Å². The average molecular weight is 502 g/mol. The number of nitrogens with one attached hydrogen (secondary N) is 2. The van der Waals surface area contributed by atoms with Gasteiger partial charge in [0.25, 0.3) is 11.5 Å². The molecule has 0 aliphatic carbocycles. The Bertz CT molecular complexity index is 1510. The number of amides is 2. The first-order chi connectivity index (χ1) is 17.9. The fourth-order valence-corrected chi connectivity index (χ4v) is 3.92. The fraction of sp³-hybridized carbons (Fsp3) is 0.179. The van der Waals surface area contributed by atoms with Gasteiger partial charge in [-0.2, -0.15) is 0 Å². The molecule has 0 fully saturated rings. The number of anilines is 1. The van der Waals surface area contributed by atoms with Crippen LogP contribution in [0.1, 0.15) is 16.8 Å². The minimum atomic E-state index is -0.400. The highest BCUT2D eigenvalue weighted by Crippen LogP contribution is 2.29. The van der Waals surface area contributed by atoms with Gasteiger partial charge in [0.15, 0.2) is 0 Å². The van der Waals surface area contributed by atoms with Crippen molar-refractivity contribution in [1.82, 2.24) is 9.88 Å². The Morgan fingerprint density at radius 3 is 2.30 bits per heavy atom. The van der Waals surface area contributed by atoms with Crippen molar-refractivity contribution in [1.29, 1.82) is 0 Å². The average Bonchev–Trinajstić information content (AvgIpc) is 2.93. The monoisotopic (exact) mass is 501 g/mol. The Balaban J connectivity index is 1.52. The zero-order chi connectivity index (χ0) is 26.4. The number of benzene rings is 3. The molecule has 1 aromatic heterocycles. The molecule has 0 saturated heterocycles. The molecule has 9 nitrogen and oxygen atoms in total. The summed E-state index contributed by atoms with van der Waals surface area (Å²) in [6.07, 6.45) is 1.55. The van der Waals surface area contributed by atoms with E-state index in [-0.39, 0.29) is 24.4 Å². The van der Waals surface area contributed by atoms with Crippen molar-refractivity contribution < 1.29 is 23.8 Å². The van der Waals surface area contributed by atoms with E-state index in [1.807, 2.05) is 0 Å². The number of methoxy groups -OCH3 is 3. The van der Waals surface area contributed by atoms with Crippen LogP contribution < -0.4 is 30.4 Å². The number of hydrogen-bond acceptors (Lipinski definition) is 6. The summed E-state index contributed by atoms with van der Waals surface area (Å²) >= 11 is 0. The minimum Gasteiger partial charge on any atom is -0.497 e. The van der Waals surface area contributed by atoms with Crippen LogP contribution in [0.4, 0.5) is 5.69 Å². The van der Waals surface area contributed by atoms with Crippen LogP contribution in [0.25, 0.3) is 16.5 Å². The van der Waals surface area contributed by atoms with E-state index in [4.69, 9.17) is 14.2 Å². The van der Waals surface area contributed by atoms with Crippen molar-refractivity contribution in [2.24, 2.45) is 0 Å². The number of ether oxygens (including phenoxy) is 3. The van der Waals surface area contributed by atoms with Crippen LogP contribution in [0.3, 0.4) is 0 Å². The van der Waals surface area contributed by atoms with Gasteiger partial charge < -0.3 is 24.8 Å². The van der Waals surface area contributed by atoms with Gasteiger partial charge in [-0.1, -0.05) is 24.3 Å². The molecule has 0 radical (unpaired) electrons. The highest BCUT2D eigenvalue weighted by atomic mass is 16.5. The summed E-state index contributed by atoms with van der Waals surface area (Å²) in [5, 5.41) is 6.49. The summed E-state index contributed by atoms with van der Waals surface area (Å²) in [6, 6.07) is 19.0. The number of aromatic nitrogens is 1. The molecule has 0 spiro atoms. The lowest BCUT2D eigenvalue weighted by atomic mass is 10.1. The summed E-state index contributed by atoms with van der Waals surface area (Å²) in [4.78, 5) is 38.9. The molecule has 4 aromatic rings. The molecule has 9 heteroatoms. The molecule has 0 atom stereocenters. The largest absolute Gasteiger partial charge is 0.497 e. The molecule has 0 bridgehead atoms. The lowest BCUT2D eigenvalue weighted by Crippen LogP contribution is -2.29. The maximum absolute atomic E-state index is 13.2. The summed E-state index contributed by atoms with van der Waals surface area (Å²) < 4.78 is 17.2. The second-order valence-corrected chi connectivity index (χ2v) is 8.09. The van der Waals surface area contributed by atoms with Gasteiger partial charge in [-0.05, 0) is 30.3 Å². The molecule has 0 aliphatic heterocycles. The number of fused-ring (bicyclic) bond motifs is 1. The summed E-state index contributed by atoms with van der Waals surface area (Å²) in [6.45, 7) is 0.0930. The normalized spacial score (nSPS) is 10.6. The third-order valence-corrected chi connectivity index (χ3v) is 5.82. The Morgan fingerprint density at radius 1 is 0.838 bits per heavy atom. The van der Waals surface area contributed by atoms with Crippen LogP contribution >= 0.6 is 0 Å². The van der Waals surface area contributed by atoms with Gasteiger partial charge in [-0.15, -0.1) is 0 Å². The molecule has 1 heterocycles. The summed E-state index contributed by atoms with van der Waals surface area (Å²) in [5.74, 6) is 0.952. The molecular weight excluding hydrogens is 474 g/mol. The van der Waals surface area contributed by atoms with Crippen LogP contribution in [-0.2, 0) is 4.79 Å². The Hall–Kier alpha value is -4.79. The molecule has 0 saturated carbocycles. The number of rotatable bonds is 9. The topological polar surface area (TPSA) is 108 Å². The van der Waals surface area contributed by atoms with E-state index in [9.17, 15) is 14.4 Å². The lowest BCUT2D eigenvalue weighted by molar-refractivity contribution is -0.116. The molecular formula is C28H27N3O6. The predicted octanol–water partition coefficient (Wildman–Crippen LogP) is 3.78. The molecule has 2 N–H and O–H groups in total. The number of nitrogens with zero attached hydrogens (tertiary/aromatic N) is 1. The van der Waals surface area contributed by atoms with Crippen LogP contribution in [0.2, 0.25) is 0 Å². The van der Waals surface area contributed by atoms with Gasteiger partial charge in [0.2, 0.25) is 5.91 Å². The first kappa shape index (κ1) is 25.3. The third kappa shape index (κ3) is 5.56. The van der Waals surface area contributed by atoms with Crippen molar-refractivity contribution >= 4 is 28.3 Å². The van der Waals surface area contributed by atoms with Crippen molar-refractivity contribution in [3.63, 3.8) is 0 Å². The van der Waals surface area contributed by atoms with Crippen LogP contribution in [0.15, 0.2) is 77.7 Å². The summed E-state index contributed by atoms with van der Waals surface area (Å²) in [7, 11) is 4.59. The standard InChI is InChI=1S/C28H27N3O6/c1-35-19-8-6-7-18(15-19)31-17-23(21-9-4-5-10-22(21)28(31)34)27(33)29-14-13-26(32)30-24-12-11-20(36-2)16-25(24)37-3/h4-12,15-17H,13-14H2,1-3H3,(H,29,33)(H,30,32). The predicted molar refractivity (Wildman–Crippen MR) is 141 cm³/mol. The molecule has 4 rings (SSSR count). The van der Waals surface area contributed by atoms with Gasteiger partial charge in [-0.25, -0.2) is 0 Å². The first-order valence-corrected chi connectivity index (χ1v) is 11.5. The van der Waals surface area contributed by atoms with E-state index in [2.05, 4.69) is 10.6 Å². The smallest absolute Gasteiger partial charge is 0.262 e. The van der Waals surface area contributed by atoms with Gasteiger partial charge in [0.1, 0.15) is 17.2 Å². The van der Waals surface area contributed by atoms with Gasteiger partial charge in [0, 0.05) is 42.1 Å². The zero-order valence-electron chi connectivity index (χ0n) is 20.7. The highest BCUT2D eigenvalue weighted by molar-refractivity contribution is 6.06. The number of pyridine rings is 1. The minimum absolute atomic E-state index is 0.0361. The highest BCUT2D eigenvalue weighted by Gasteiger charge is 2.16. The second-order valence-electron chi connectivity index (χ2n) is 8.09. The van der Waals surface area contributed by atoms with Crippen molar-refractivity contribution in [2.45, 2.75) is 6.42 Å². The van der Waals surface area contributed by atoms with E-state index in [0.29, 0.717) is 45.0 Å². The van der Waals surface area contributed by atoms with Crippen molar-refractivity contribution in [3.05, 3.63) is 88.8 Å². The van der Waals surface area contributed by atoms with Crippen LogP contribution in [-0.4, -0.2) is 44.3 Å². The van der Waals surface area contributed by atoms with E-state index >= 15 is 0 Å². The molecule has 0 aliphatic rings. The SMILES string of the molecule is COc1cccc(-n2cc(C(=O)NCCC(=O)Nc3ccc(OC)cc3OC)c3ccccc3c2=O)c1. The maximum atomic E-state index is 13.2. The number of hydrogen-bond donors (Lipinski definition) is 2. The quantitative estimate of drug-likeness (QED) is 0.362. The zero-order valence-corrected chi connectivity index (χ0v) is 20.7. The Morgan fingerprint density at radius 2 is 1.57 bits per heavy atom. The molecule has 190 valence electrons. The van der Waals surface area contributed by atoms with E-state index in [0.717, 1.165) is 0 Å². The second kappa shape index (κ2) is 11.3. The fourth-order valence-electron chi connectivity index (χ4n) is 3.92. The van der Waals surface area contributed by atoms with Crippen molar-refractivity contribution in [2.75, 3.05) is 33.2 Å². The Kier molecular flexibility index (Phi) is 7.73. The summed E-state index contributed by atoms with van der Waals surface area (Å²) in [5.41, 5.74) is 1.12.